The first-order valence-corrected chi connectivity index (χ1v) is 8.37. The number of nitrogens with zero attached hydrogens (tertiary/aromatic N) is 1. The second-order valence-electron chi connectivity index (χ2n) is 4.91. The van der Waals surface area contributed by atoms with E-state index in [1.165, 1.54) is 31.9 Å². The summed E-state index contributed by atoms with van der Waals surface area (Å²) in [6.07, 6.45) is 3.27. The highest BCUT2D eigenvalue weighted by Gasteiger charge is 2.50. The molecule has 0 aromatic carbocycles. The van der Waals surface area contributed by atoms with Gasteiger partial charge in [-0.2, -0.15) is 0 Å². The van der Waals surface area contributed by atoms with Crippen molar-refractivity contribution in [2.75, 3.05) is 6.17 Å². The molecule has 2 aliphatic rings. The normalized spacial score (nSPS) is 28.6. The summed E-state index contributed by atoms with van der Waals surface area (Å²) in [5, 5.41) is 9.10. The minimum atomic E-state index is -1.40. The van der Waals surface area contributed by atoms with Crippen LogP contribution in [0.2, 0.25) is 18.1 Å². The molecule has 0 bridgehead atoms. The molecule has 1 amide bonds. The number of amides is 1. The van der Waals surface area contributed by atoms with E-state index < -0.39 is 20.1 Å². The molecule has 0 aromatic heterocycles. The molecule has 2 aliphatic heterocycles. The second kappa shape index (κ2) is 3.63. The molecule has 2 fully saturated rings. The largest absolute Gasteiger partial charge is 0.480 e. The number of carboxylic acid groups (broad SMARTS) is 1. The second-order valence-corrected chi connectivity index (χ2v) is 9.64. The molecule has 2 rings (SSSR count). The summed E-state index contributed by atoms with van der Waals surface area (Å²) in [6.45, 7) is 1.48. The molecule has 2 heterocycles. The van der Waals surface area contributed by atoms with Crippen molar-refractivity contribution in [3.8, 4) is 0 Å². The third kappa shape index (κ3) is 1.80. The van der Waals surface area contributed by atoms with Crippen LogP contribution >= 0.6 is 0 Å². The van der Waals surface area contributed by atoms with Gasteiger partial charge in [-0.25, -0.2) is 4.79 Å². The summed E-state index contributed by atoms with van der Waals surface area (Å²) >= 11 is 0. The number of rotatable bonds is 1. The summed E-state index contributed by atoms with van der Waals surface area (Å²) in [5.74, 6) is -0.889. The van der Waals surface area contributed by atoms with E-state index in [4.69, 9.17) is 5.11 Å². The molecule has 1 spiro atoms. The van der Waals surface area contributed by atoms with Gasteiger partial charge in [0.15, 0.2) is 0 Å². The molecule has 0 saturated carbocycles. The molecule has 0 aliphatic carbocycles. The van der Waals surface area contributed by atoms with Gasteiger partial charge in [0, 0.05) is 13.1 Å². The first-order valence-electron chi connectivity index (χ1n) is 5.54. The van der Waals surface area contributed by atoms with E-state index >= 15 is 0 Å². The van der Waals surface area contributed by atoms with E-state index in [1.54, 1.807) is 4.90 Å². The molecule has 5 heteroatoms. The van der Waals surface area contributed by atoms with Crippen LogP contribution in [-0.2, 0) is 9.59 Å². The summed E-state index contributed by atoms with van der Waals surface area (Å²) in [5.41, 5.74) is 0. The van der Waals surface area contributed by atoms with Gasteiger partial charge in [-0.15, -0.1) is 0 Å². The zero-order valence-electron chi connectivity index (χ0n) is 9.03. The van der Waals surface area contributed by atoms with Crippen molar-refractivity contribution in [2.45, 2.75) is 43.9 Å². The van der Waals surface area contributed by atoms with Crippen molar-refractivity contribution >= 4 is 20.0 Å². The Hall–Kier alpha value is -0.843. The van der Waals surface area contributed by atoms with Crippen molar-refractivity contribution in [1.82, 2.24) is 4.90 Å². The van der Waals surface area contributed by atoms with Crippen molar-refractivity contribution in [3.05, 3.63) is 0 Å². The van der Waals surface area contributed by atoms with Gasteiger partial charge in [-0.1, -0.05) is 24.9 Å². The van der Waals surface area contributed by atoms with Crippen LogP contribution < -0.4 is 0 Å². The predicted molar refractivity (Wildman–Crippen MR) is 58.2 cm³/mol. The fourth-order valence-corrected chi connectivity index (χ4v) is 8.58. The Morgan fingerprint density at radius 3 is 2.33 bits per heavy atom. The van der Waals surface area contributed by atoms with Crippen LogP contribution in [0, 0.1) is 0 Å². The lowest BCUT2D eigenvalue weighted by molar-refractivity contribution is -0.147. The maximum atomic E-state index is 11.4. The van der Waals surface area contributed by atoms with Crippen LogP contribution in [0.25, 0.3) is 0 Å². The van der Waals surface area contributed by atoms with E-state index in [0.29, 0.717) is 0 Å². The summed E-state index contributed by atoms with van der Waals surface area (Å²) in [6, 6.07) is 2.72. The molecule has 1 N–H and O–H groups in total. The van der Waals surface area contributed by atoms with E-state index in [-0.39, 0.29) is 5.91 Å². The third-order valence-electron chi connectivity index (χ3n) is 3.86. The van der Waals surface area contributed by atoms with Gasteiger partial charge in [0.25, 0.3) is 0 Å². The SMILES string of the molecule is CC(=O)N1C[Si]2(CCCC2)CC1C(=O)O. The Morgan fingerprint density at radius 2 is 1.93 bits per heavy atom. The molecular weight excluding hydrogens is 210 g/mol. The molecule has 0 aromatic rings. The number of aliphatic carboxylic acids is 1. The van der Waals surface area contributed by atoms with Crippen LogP contribution in [0.1, 0.15) is 19.8 Å². The number of carbonyl (C=O) groups excluding carboxylic acids is 1. The Balaban J connectivity index is 2.18. The van der Waals surface area contributed by atoms with E-state index in [9.17, 15) is 9.59 Å². The molecule has 84 valence electrons. The maximum absolute atomic E-state index is 11.4. The number of hydrogen-bond donors (Lipinski definition) is 1. The van der Waals surface area contributed by atoms with Gasteiger partial charge < -0.3 is 10.0 Å². The Labute approximate surface area is 90.3 Å². The molecule has 2 saturated heterocycles. The van der Waals surface area contributed by atoms with Crippen molar-refractivity contribution < 1.29 is 14.7 Å². The summed E-state index contributed by atoms with van der Waals surface area (Å²) < 4.78 is 0. The average Bonchev–Trinajstić information content (AvgIpc) is 2.74. The van der Waals surface area contributed by atoms with Crippen molar-refractivity contribution in [1.29, 1.82) is 0 Å². The lowest BCUT2D eigenvalue weighted by atomic mass is 10.3. The predicted octanol–water partition coefficient (Wildman–Crippen LogP) is 1.08. The number of carbonyl (C=O) groups is 2. The highest BCUT2D eigenvalue weighted by Crippen LogP contribution is 2.40. The highest BCUT2D eigenvalue weighted by atomic mass is 28.3. The first-order chi connectivity index (χ1) is 7.04. The van der Waals surface area contributed by atoms with Gasteiger partial charge in [0.05, 0.1) is 8.07 Å². The first kappa shape index (κ1) is 10.7. The fourth-order valence-electron chi connectivity index (χ4n) is 3.10. The molecule has 0 radical (unpaired) electrons. The molecular formula is C10H17NO3Si. The van der Waals surface area contributed by atoms with E-state index in [2.05, 4.69) is 0 Å². The Morgan fingerprint density at radius 1 is 1.33 bits per heavy atom. The van der Waals surface area contributed by atoms with Gasteiger partial charge >= 0.3 is 5.97 Å². The summed E-state index contributed by atoms with van der Waals surface area (Å²) in [4.78, 5) is 24.1. The fraction of sp³-hybridized carbons (Fsp3) is 0.800. The zero-order valence-corrected chi connectivity index (χ0v) is 10.0. The Bertz CT molecular complexity index is 275. The lowest BCUT2D eigenvalue weighted by Crippen LogP contribution is -2.40. The van der Waals surface area contributed by atoms with Crippen molar-refractivity contribution in [3.63, 3.8) is 0 Å². The van der Waals surface area contributed by atoms with E-state index in [0.717, 1.165) is 12.2 Å². The number of hydrogen-bond acceptors (Lipinski definition) is 2. The quantitative estimate of drug-likeness (QED) is 0.682. The average molecular weight is 227 g/mol. The van der Waals surface area contributed by atoms with E-state index in [1.807, 2.05) is 0 Å². The number of carboxylic acids is 1. The standard InChI is InChI=1S/C10H17NO3Si/c1-8(12)11-7-15(4-2-3-5-15)6-9(11)10(13)14/h9H,2-7H2,1H3,(H,13,14). The Kier molecular flexibility index (Phi) is 2.58. The maximum Gasteiger partial charge on any atom is 0.326 e. The molecule has 1 unspecified atom stereocenters. The zero-order chi connectivity index (χ0) is 11.1. The smallest absolute Gasteiger partial charge is 0.326 e. The van der Waals surface area contributed by atoms with Gasteiger partial charge in [0.2, 0.25) is 5.91 Å². The lowest BCUT2D eigenvalue weighted by Gasteiger charge is -2.21. The van der Waals surface area contributed by atoms with Crippen molar-refractivity contribution in [2.24, 2.45) is 0 Å². The van der Waals surface area contributed by atoms with Gasteiger partial charge in [0.1, 0.15) is 6.04 Å². The topological polar surface area (TPSA) is 57.6 Å². The molecule has 4 nitrogen and oxygen atoms in total. The van der Waals surface area contributed by atoms with Crippen LogP contribution in [-0.4, -0.2) is 42.2 Å². The molecule has 1 atom stereocenters. The van der Waals surface area contributed by atoms with Gasteiger partial charge in [-0.05, 0) is 6.04 Å². The van der Waals surface area contributed by atoms with Gasteiger partial charge in [-0.3, -0.25) is 4.79 Å². The highest BCUT2D eigenvalue weighted by molar-refractivity contribution is 6.82. The van der Waals surface area contributed by atoms with Crippen LogP contribution in [0.5, 0.6) is 0 Å². The molecule has 15 heavy (non-hydrogen) atoms. The minimum Gasteiger partial charge on any atom is -0.480 e. The third-order valence-corrected chi connectivity index (χ3v) is 8.95. The summed E-state index contributed by atoms with van der Waals surface area (Å²) in [7, 11) is -1.40. The van der Waals surface area contributed by atoms with Crippen LogP contribution in [0.15, 0.2) is 0 Å². The van der Waals surface area contributed by atoms with Crippen LogP contribution in [0.3, 0.4) is 0 Å². The minimum absolute atomic E-state index is 0.0707. The monoisotopic (exact) mass is 227 g/mol. The van der Waals surface area contributed by atoms with Crippen LogP contribution in [0.4, 0.5) is 0 Å².